The van der Waals surface area contributed by atoms with Gasteiger partial charge in [0, 0.05) is 9.75 Å². The molecule has 2 aromatic rings. The molecular weight excluding hydrogens is 233 g/mol. The highest BCUT2D eigenvalue weighted by Gasteiger charge is 2.30. The summed E-state index contributed by atoms with van der Waals surface area (Å²) >= 11 is 1.49. The summed E-state index contributed by atoms with van der Waals surface area (Å²) in [7, 11) is 0. The molecule has 0 bridgehead atoms. The van der Waals surface area contributed by atoms with E-state index < -0.39 is 11.7 Å². The Kier molecular flexibility index (Phi) is 2.76. The van der Waals surface area contributed by atoms with Gasteiger partial charge >= 0.3 is 6.18 Å². The van der Waals surface area contributed by atoms with Crippen molar-refractivity contribution >= 4 is 11.3 Å². The van der Waals surface area contributed by atoms with Crippen LogP contribution >= 0.6 is 11.3 Å². The molecule has 1 aromatic carbocycles. The molecule has 0 N–H and O–H groups in total. The van der Waals surface area contributed by atoms with Crippen LogP contribution in [0.25, 0.3) is 10.4 Å². The molecule has 0 aliphatic carbocycles. The standard InChI is InChI=1S/C12H9F3S/c1-8-5-6-11(16-8)9-3-2-4-10(7-9)12(13,14)15/h2-7H,1H3. The second-order valence-electron chi connectivity index (χ2n) is 3.49. The van der Waals surface area contributed by atoms with Crippen LogP contribution in [0.3, 0.4) is 0 Å². The topological polar surface area (TPSA) is 0 Å². The fraction of sp³-hybridized carbons (Fsp3) is 0.167. The van der Waals surface area contributed by atoms with Crippen molar-refractivity contribution in [3.8, 4) is 10.4 Å². The lowest BCUT2D eigenvalue weighted by molar-refractivity contribution is -0.137. The van der Waals surface area contributed by atoms with Crippen molar-refractivity contribution in [2.24, 2.45) is 0 Å². The van der Waals surface area contributed by atoms with Crippen LogP contribution in [-0.2, 0) is 6.18 Å². The molecule has 0 unspecified atom stereocenters. The number of alkyl halides is 3. The number of halogens is 3. The first-order valence-corrected chi connectivity index (χ1v) is 5.52. The Morgan fingerprint density at radius 2 is 1.81 bits per heavy atom. The van der Waals surface area contributed by atoms with E-state index in [2.05, 4.69) is 0 Å². The van der Waals surface area contributed by atoms with Crippen LogP contribution in [0.4, 0.5) is 13.2 Å². The fourth-order valence-electron chi connectivity index (χ4n) is 1.44. The van der Waals surface area contributed by atoms with E-state index in [1.807, 2.05) is 19.1 Å². The molecule has 2 rings (SSSR count). The van der Waals surface area contributed by atoms with Crippen molar-refractivity contribution in [2.45, 2.75) is 13.1 Å². The van der Waals surface area contributed by atoms with Gasteiger partial charge in [0.05, 0.1) is 5.56 Å². The highest BCUT2D eigenvalue weighted by molar-refractivity contribution is 7.15. The average molecular weight is 242 g/mol. The summed E-state index contributed by atoms with van der Waals surface area (Å²) in [5.74, 6) is 0. The summed E-state index contributed by atoms with van der Waals surface area (Å²) in [6, 6.07) is 9.15. The second-order valence-corrected chi connectivity index (χ2v) is 4.78. The minimum absolute atomic E-state index is 0.601. The van der Waals surface area contributed by atoms with Gasteiger partial charge in [-0.3, -0.25) is 0 Å². The molecule has 16 heavy (non-hydrogen) atoms. The van der Waals surface area contributed by atoms with Crippen LogP contribution in [0.15, 0.2) is 36.4 Å². The minimum Gasteiger partial charge on any atom is -0.166 e. The lowest BCUT2D eigenvalue weighted by Gasteiger charge is -2.07. The first-order chi connectivity index (χ1) is 7.47. The molecule has 0 nitrogen and oxygen atoms in total. The van der Waals surface area contributed by atoms with E-state index >= 15 is 0 Å². The summed E-state index contributed by atoms with van der Waals surface area (Å²) in [5.41, 5.74) is 0.0176. The molecule has 1 heterocycles. The van der Waals surface area contributed by atoms with E-state index in [1.165, 1.54) is 23.5 Å². The van der Waals surface area contributed by atoms with Crippen molar-refractivity contribution in [3.63, 3.8) is 0 Å². The van der Waals surface area contributed by atoms with Crippen LogP contribution in [0, 0.1) is 6.92 Å². The third-order valence-electron chi connectivity index (χ3n) is 2.21. The van der Waals surface area contributed by atoms with E-state index in [1.54, 1.807) is 6.07 Å². The lowest BCUT2D eigenvalue weighted by atomic mass is 10.1. The van der Waals surface area contributed by atoms with E-state index in [-0.39, 0.29) is 0 Å². The van der Waals surface area contributed by atoms with E-state index in [0.29, 0.717) is 5.56 Å². The molecule has 0 amide bonds. The number of hydrogen-bond acceptors (Lipinski definition) is 1. The molecule has 0 spiro atoms. The van der Waals surface area contributed by atoms with E-state index in [4.69, 9.17) is 0 Å². The second kappa shape index (κ2) is 3.94. The van der Waals surface area contributed by atoms with Gasteiger partial charge in [0.25, 0.3) is 0 Å². The Morgan fingerprint density at radius 3 is 2.38 bits per heavy atom. The molecule has 84 valence electrons. The molecule has 0 saturated carbocycles. The summed E-state index contributed by atoms with van der Waals surface area (Å²) in [4.78, 5) is 1.95. The van der Waals surface area contributed by atoms with Crippen LogP contribution in [0.5, 0.6) is 0 Å². The number of hydrogen-bond donors (Lipinski definition) is 0. The first kappa shape index (κ1) is 11.2. The Bertz CT molecular complexity index is 497. The highest BCUT2D eigenvalue weighted by atomic mass is 32.1. The van der Waals surface area contributed by atoms with Crippen molar-refractivity contribution in [1.82, 2.24) is 0 Å². The zero-order chi connectivity index (χ0) is 11.8. The predicted molar refractivity (Wildman–Crippen MR) is 59.5 cm³/mol. The minimum atomic E-state index is -4.28. The van der Waals surface area contributed by atoms with Gasteiger partial charge < -0.3 is 0 Å². The summed E-state index contributed by atoms with van der Waals surface area (Å²) in [6.45, 7) is 1.93. The molecular formula is C12H9F3S. The number of rotatable bonds is 1. The summed E-state index contributed by atoms with van der Waals surface area (Å²) in [5, 5.41) is 0. The molecule has 1 aromatic heterocycles. The van der Waals surface area contributed by atoms with Crippen LogP contribution in [0.2, 0.25) is 0 Å². The van der Waals surface area contributed by atoms with Crippen LogP contribution in [-0.4, -0.2) is 0 Å². The third-order valence-corrected chi connectivity index (χ3v) is 3.26. The zero-order valence-electron chi connectivity index (χ0n) is 8.51. The van der Waals surface area contributed by atoms with Crippen LogP contribution < -0.4 is 0 Å². The van der Waals surface area contributed by atoms with Gasteiger partial charge in [-0.25, -0.2) is 0 Å². The fourth-order valence-corrected chi connectivity index (χ4v) is 2.30. The van der Waals surface area contributed by atoms with E-state index in [9.17, 15) is 13.2 Å². The third kappa shape index (κ3) is 2.27. The molecule has 4 heteroatoms. The Balaban J connectivity index is 2.44. The van der Waals surface area contributed by atoms with Crippen LogP contribution in [0.1, 0.15) is 10.4 Å². The van der Waals surface area contributed by atoms with Gasteiger partial charge in [0.1, 0.15) is 0 Å². The van der Waals surface area contributed by atoms with Gasteiger partial charge in [-0.1, -0.05) is 12.1 Å². The number of benzene rings is 1. The van der Waals surface area contributed by atoms with Gasteiger partial charge in [0.15, 0.2) is 0 Å². The molecule has 0 saturated heterocycles. The van der Waals surface area contributed by atoms with Gasteiger partial charge in [0.2, 0.25) is 0 Å². The van der Waals surface area contributed by atoms with Crippen molar-refractivity contribution in [2.75, 3.05) is 0 Å². The molecule has 0 atom stereocenters. The number of aryl methyl sites for hydroxylation is 1. The predicted octanol–water partition coefficient (Wildman–Crippen LogP) is 4.74. The van der Waals surface area contributed by atoms with E-state index in [0.717, 1.165) is 15.8 Å². The number of thiophene rings is 1. The monoisotopic (exact) mass is 242 g/mol. The molecule has 0 aliphatic heterocycles. The first-order valence-electron chi connectivity index (χ1n) is 4.71. The van der Waals surface area contributed by atoms with Crippen molar-refractivity contribution in [3.05, 3.63) is 46.8 Å². The Labute approximate surface area is 95.4 Å². The van der Waals surface area contributed by atoms with Crippen molar-refractivity contribution in [1.29, 1.82) is 0 Å². The smallest absolute Gasteiger partial charge is 0.166 e. The SMILES string of the molecule is Cc1ccc(-c2cccc(C(F)(F)F)c2)s1. The van der Waals surface area contributed by atoms with Gasteiger partial charge in [-0.15, -0.1) is 11.3 Å². The van der Waals surface area contributed by atoms with Crippen molar-refractivity contribution < 1.29 is 13.2 Å². The maximum Gasteiger partial charge on any atom is 0.416 e. The average Bonchev–Trinajstić information content (AvgIpc) is 2.64. The molecule has 0 aliphatic rings. The van der Waals surface area contributed by atoms with Gasteiger partial charge in [-0.2, -0.15) is 13.2 Å². The maximum absolute atomic E-state index is 12.5. The Hall–Kier alpha value is -1.29. The maximum atomic E-state index is 12.5. The zero-order valence-corrected chi connectivity index (χ0v) is 9.32. The quantitative estimate of drug-likeness (QED) is 0.677. The normalized spacial score (nSPS) is 11.8. The molecule has 0 fully saturated rings. The summed E-state index contributed by atoms with van der Waals surface area (Å²) in [6.07, 6.45) is -4.28. The largest absolute Gasteiger partial charge is 0.416 e. The molecule has 0 radical (unpaired) electrons. The lowest BCUT2D eigenvalue weighted by Crippen LogP contribution is -2.04. The summed E-state index contributed by atoms with van der Waals surface area (Å²) < 4.78 is 37.5. The van der Waals surface area contributed by atoms with Gasteiger partial charge in [-0.05, 0) is 36.8 Å². The highest BCUT2D eigenvalue weighted by Crippen LogP contribution is 2.34. The Morgan fingerprint density at radius 1 is 1.06 bits per heavy atom.